The van der Waals surface area contributed by atoms with E-state index in [-0.39, 0.29) is 187 Å². The summed E-state index contributed by atoms with van der Waals surface area (Å²) in [5.74, 6) is -0.419. The Morgan fingerprint density at radius 2 is 0.932 bits per heavy atom. The van der Waals surface area contributed by atoms with Crippen molar-refractivity contribution in [2.75, 3.05) is 39.6 Å². The van der Waals surface area contributed by atoms with E-state index in [1.807, 2.05) is 69.2 Å². The summed E-state index contributed by atoms with van der Waals surface area (Å²) in [6, 6.07) is 0.426. The molecule has 3 radical (unpaired) electrons. The summed E-state index contributed by atoms with van der Waals surface area (Å²) in [4.78, 5) is 41.7. The molecule has 0 saturated heterocycles. The van der Waals surface area contributed by atoms with Gasteiger partial charge in [-0.15, -0.1) is 0 Å². The Balaban J connectivity index is -0.0000000348. The van der Waals surface area contributed by atoms with Crippen LogP contribution >= 0.6 is 0 Å². The molecule has 3 amide bonds. The SMILES string of the molecule is C.C.C.CC(C)(C)C(=O)NCCOCCO.OCCO.[CH2-]C(=O)C(C)(C)C.[CH2-]C(=O)NC(C)C.[CH2-]C(=O)NC(C)C.[Y].[Y].[Y]. The van der Waals surface area contributed by atoms with Crippen molar-refractivity contribution < 1.29 is 137 Å². The average Bonchev–Trinajstić information content (AvgIpc) is 2.71. The van der Waals surface area contributed by atoms with Crippen LogP contribution < -0.4 is 16.0 Å². The van der Waals surface area contributed by atoms with Crippen LogP contribution in [-0.4, -0.2) is 90.5 Å². The predicted molar refractivity (Wildman–Crippen MR) is 172 cm³/mol. The van der Waals surface area contributed by atoms with E-state index in [1.165, 1.54) is 0 Å². The summed E-state index contributed by atoms with van der Waals surface area (Å²) in [7, 11) is 0. The average molecular weight is 866 g/mol. The molecule has 0 aliphatic heterocycles. The van der Waals surface area contributed by atoms with Crippen molar-refractivity contribution in [2.45, 2.75) is 104 Å². The molecule has 0 spiro atoms. The molecule has 0 aromatic carbocycles. The van der Waals surface area contributed by atoms with Crippen LogP contribution in [0.2, 0.25) is 0 Å². The molecule has 0 aliphatic rings. The van der Waals surface area contributed by atoms with Crippen molar-refractivity contribution in [3.8, 4) is 0 Å². The van der Waals surface area contributed by atoms with Crippen molar-refractivity contribution in [3.63, 3.8) is 0 Å². The Bertz CT molecular complexity index is 591. The van der Waals surface area contributed by atoms with Crippen LogP contribution in [0, 0.1) is 31.6 Å². The van der Waals surface area contributed by atoms with E-state index >= 15 is 0 Å². The number of carbonyl (C=O) groups is 4. The molecule has 0 saturated carbocycles. The second-order valence-electron chi connectivity index (χ2n) is 10.4. The minimum Gasteiger partial charge on any atom is -0.394 e. The maximum absolute atomic E-state index is 11.3. The number of hydrogen-bond acceptors (Lipinski definition) is 8. The maximum atomic E-state index is 11.3. The van der Waals surface area contributed by atoms with Crippen LogP contribution in [0.4, 0.5) is 0 Å². The van der Waals surface area contributed by atoms with Gasteiger partial charge in [-0.2, -0.15) is 0 Å². The molecule has 6 N–H and O–H groups in total. The van der Waals surface area contributed by atoms with Crippen molar-refractivity contribution >= 4 is 23.5 Å². The van der Waals surface area contributed by atoms with Crippen LogP contribution in [0.3, 0.4) is 0 Å². The number of rotatable bonds is 8. The molecule has 0 atom stereocenters. The molecule has 0 unspecified atom stereocenters. The molecule has 11 nitrogen and oxygen atoms in total. The zero-order valence-corrected chi connectivity index (χ0v) is 35.6. The standard InChI is InChI=1S/C9H19NO3.C6H11O.2C5H10NO.C2H6O2.3CH4.3Y/c1-9(2,3)8(12)10-4-6-13-7-5-11;1-5(7)6(2,3)4;2*1-4(2)6-5(3)7;3-1-2-4;;;;;;/h11H,4-7H2,1-3H3,(H,10,12);1H2,2-4H3;2*4H,3H2,1-2H3,(H,6,7);3-4H,1-2H2;3*1H4;;;/q;3*-1;;;;;;;. The molecular formula is C30H68N3O8Y3-3. The van der Waals surface area contributed by atoms with Crippen molar-refractivity contribution in [3.05, 3.63) is 20.8 Å². The number of ketones is 1. The smallest absolute Gasteiger partial charge is 0.225 e. The predicted octanol–water partition coefficient (Wildman–Crippen LogP) is 3.16. The van der Waals surface area contributed by atoms with Gasteiger partial charge in [0.25, 0.3) is 0 Å². The van der Waals surface area contributed by atoms with Crippen molar-refractivity contribution in [2.24, 2.45) is 10.8 Å². The van der Waals surface area contributed by atoms with Crippen LogP contribution in [0.5, 0.6) is 0 Å². The second kappa shape index (κ2) is 48.2. The Labute approximate surface area is 347 Å². The number of carbonyl (C=O) groups excluding carboxylic acids is 4. The van der Waals surface area contributed by atoms with Gasteiger partial charge in [0, 0.05) is 128 Å². The first kappa shape index (κ1) is 75.3. The summed E-state index contributed by atoms with van der Waals surface area (Å²) in [6.07, 6.45) is 0. The number of Topliss-reactive ketones (excluding diaryl/α,β-unsaturated/α-hetero) is 1. The minimum atomic E-state index is -0.350. The van der Waals surface area contributed by atoms with E-state index in [4.69, 9.17) is 20.1 Å². The fraction of sp³-hybridized carbons (Fsp3) is 0.767. The van der Waals surface area contributed by atoms with Gasteiger partial charge in [-0.25, -0.2) is 0 Å². The summed E-state index contributed by atoms with van der Waals surface area (Å²) >= 11 is 0. The Morgan fingerprint density at radius 3 is 1.07 bits per heavy atom. The Hall–Kier alpha value is 0.842. The molecule has 0 heterocycles. The fourth-order valence-corrected chi connectivity index (χ4v) is 1.31. The zero-order chi connectivity index (χ0) is 31.5. The quantitative estimate of drug-likeness (QED) is 0.160. The largest absolute Gasteiger partial charge is 0.394 e. The Kier molecular flexibility index (Phi) is 82.5. The van der Waals surface area contributed by atoms with E-state index in [1.54, 1.807) is 0 Å². The molecular weight excluding hydrogens is 797 g/mol. The van der Waals surface area contributed by atoms with Gasteiger partial charge in [0.15, 0.2) is 0 Å². The third kappa shape index (κ3) is 90.2. The first-order chi connectivity index (χ1) is 17.1. The fourth-order valence-electron chi connectivity index (χ4n) is 1.31. The molecule has 0 fully saturated rings. The van der Waals surface area contributed by atoms with Crippen LogP contribution in [-0.2, 0) is 122 Å². The number of hydrogen-bond donors (Lipinski definition) is 6. The zero-order valence-electron chi connectivity index (χ0n) is 27.1. The number of ether oxygens (including phenoxy) is 1. The van der Waals surface area contributed by atoms with Gasteiger partial charge in [0.2, 0.25) is 5.91 Å². The number of aliphatic hydroxyl groups excluding tert-OH is 3. The molecule has 0 aromatic heterocycles. The van der Waals surface area contributed by atoms with Crippen LogP contribution in [0.15, 0.2) is 0 Å². The van der Waals surface area contributed by atoms with E-state index in [0.29, 0.717) is 19.8 Å². The summed E-state index contributed by atoms with van der Waals surface area (Å²) in [6.45, 7) is 29.3. The monoisotopic (exact) mass is 865 g/mol. The molecule has 0 aliphatic carbocycles. The molecule has 0 bridgehead atoms. The normalized spacial score (nSPS) is 8.70. The van der Waals surface area contributed by atoms with E-state index < -0.39 is 0 Å². The van der Waals surface area contributed by atoms with Gasteiger partial charge in [-0.3, -0.25) is 4.79 Å². The summed E-state index contributed by atoms with van der Waals surface area (Å²) < 4.78 is 4.98. The summed E-state index contributed by atoms with van der Waals surface area (Å²) in [5, 5.41) is 31.5. The van der Waals surface area contributed by atoms with Crippen LogP contribution in [0.25, 0.3) is 0 Å². The number of amides is 3. The topological polar surface area (TPSA) is 174 Å². The molecule has 0 rings (SSSR count). The van der Waals surface area contributed by atoms with Gasteiger partial charge in [0.1, 0.15) is 0 Å². The van der Waals surface area contributed by atoms with Crippen LogP contribution in [0.1, 0.15) is 91.5 Å². The van der Waals surface area contributed by atoms with E-state index in [9.17, 15) is 19.2 Å². The Morgan fingerprint density at radius 1 is 0.636 bits per heavy atom. The third-order valence-electron chi connectivity index (χ3n) is 3.28. The van der Waals surface area contributed by atoms with Gasteiger partial charge in [0.05, 0.1) is 44.8 Å². The van der Waals surface area contributed by atoms with Crippen molar-refractivity contribution in [1.29, 1.82) is 0 Å². The van der Waals surface area contributed by atoms with Crippen molar-refractivity contribution in [1.82, 2.24) is 16.0 Å². The van der Waals surface area contributed by atoms with Gasteiger partial charge in [-0.1, -0.05) is 63.8 Å². The maximum Gasteiger partial charge on any atom is 0.225 e. The van der Waals surface area contributed by atoms with Gasteiger partial charge >= 0.3 is 0 Å². The third-order valence-corrected chi connectivity index (χ3v) is 3.28. The molecule has 263 valence electrons. The summed E-state index contributed by atoms with van der Waals surface area (Å²) in [5.41, 5.74) is -0.600. The van der Waals surface area contributed by atoms with Gasteiger partial charge < -0.3 is 71.2 Å². The van der Waals surface area contributed by atoms with E-state index in [2.05, 4.69) is 36.7 Å². The first-order valence-corrected chi connectivity index (χ1v) is 12.4. The number of aliphatic hydroxyl groups is 3. The number of nitrogens with one attached hydrogen (secondary N) is 3. The molecule has 44 heavy (non-hydrogen) atoms. The second-order valence-corrected chi connectivity index (χ2v) is 10.4. The molecule has 0 aromatic rings. The van der Waals surface area contributed by atoms with E-state index in [0.717, 1.165) is 0 Å². The van der Waals surface area contributed by atoms with Gasteiger partial charge in [-0.05, 0) is 33.1 Å². The molecule has 14 heteroatoms. The minimum absolute atomic E-state index is 0. The first-order valence-electron chi connectivity index (χ1n) is 12.4.